The molecule has 0 heterocycles. The predicted molar refractivity (Wildman–Crippen MR) is 78.4 cm³/mol. The Hall–Kier alpha value is -1.19. The molecule has 0 aliphatic heterocycles. The van der Waals surface area contributed by atoms with Crippen LogP contribution in [0.2, 0.25) is 0 Å². The van der Waals surface area contributed by atoms with E-state index in [9.17, 15) is 14.4 Å². The number of carbonyl (C=O) groups excluding carboxylic acids is 3. The number of hydrogen-bond acceptors (Lipinski definition) is 4. The fourth-order valence-electron chi connectivity index (χ4n) is 2.10. The number of ether oxygens (including phenoxy) is 1. The fourth-order valence-corrected chi connectivity index (χ4v) is 2.10. The molecule has 0 N–H and O–H groups in total. The highest BCUT2D eigenvalue weighted by atomic mass is 16.5. The Morgan fingerprint density at radius 1 is 0.950 bits per heavy atom. The molecule has 1 unspecified atom stereocenters. The first kappa shape index (κ1) is 18.8. The van der Waals surface area contributed by atoms with Crippen LogP contribution in [0.3, 0.4) is 0 Å². The first-order valence-electron chi connectivity index (χ1n) is 7.64. The van der Waals surface area contributed by atoms with Crippen molar-refractivity contribution < 1.29 is 19.1 Å². The lowest BCUT2D eigenvalue weighted by Crippen LogP contribution is -2.04. The Bertz CT molecular complexity index is 286. The van der Waals surface area contributed by atoms with Gasteiger partial charge in [0.15, 0.2) is 0 Å². The van der Waals surface area contributed by atoms with Gasteiger partial charge in [0.25, 0.3) is 0 Å². The highest BCUT2D eigenvalue weighted by molar-refractivity contribution is 5.75. The summed E-state index contributed by atoms with van der Waals surface area (Å²) in [5.41, 5.74) is 0. The zero-order valence-corrected chi connectivity index (χ0v) is 12.9. The van der Waals surface area contributed by atoms with Crippen LogP contribution in [-0.4, -0.2) is 24.6 Å². The SMILES string of the molecule is CC(=O)CCC(C=O)CCCCCCCCOC(C)=O. The molecule has 0 amide bonds. The van der Waals surface area contributed by atoms with Gasteiger partial charge >= 0.3 is 5.97 Å². The molecule has 0 aromatic heterocycles. The Morgan fingerprint density at radius 2 is 1.55 bits per heavy atom. The van der Waals surface area contributed by atoms with Crippen LogP contribution in [0.1, 0.15) is 71.6 Å². The molecule has 0 fully saturated rings. The molecular formula is C16H28O4. The number of carbonyl (C=O) groups is 3. The second-order valence-corrected chi connectivity index (χ2v) is 5.39. The number of Topliss-reactive ketones (excluding diaryl/α,β-unsaturated/α-hetero) is 1. The fraction of sp³-hybridized carbons (Fsp3) is 0.812. The van der Waals surface area contributed by atoms with Gasteiger partial charge in [0.1, 0.15) is 12.1 Å². The van der Waals surface area contributed by atoms with Crippen molar-refractivity contribution in [3.63, 3.8) is 0 Å². The summed E-state index contributed by atoms with van der Waals surface area (Å²) in [4.78, 5) is 32.3. The molecule has 116 valence electrons. The standard InChI is InChI=1S/C16H28O4/c1-14(18)10-11-16(13-17)9-7-5-3-4-6-8-12-20-15(2)19/h13,16H,3-12H2,1-2H3. The van der Waals surface area contributed by atoms with Gasteiger partial charge in [-0.3, -0.25) is 4.79 Å². The van der Waals surface area contributed by atoms with Gasteiger partial charge in [-0.2, -0.15) is 0 Å². The normalized spacial score (nSPS) is 11.9. The van der Waals surface area contributed by atoms with E-state index in [1.165, 1.54) is 6.92 Å². The van der Waals surface area contributed by atoms with E-state index in [1.807, 2.05) is 0 Å². The molecule has 0 aliphatic rings. The topological polar surface area (TPSA) is 60.4 Å². The van der Waals surface area contributed by atoms with E-state index < -0.39 is 0 Å². The van der Waals surface area contributed by atoms with Crippen LogP contribution >= 0.6 is 0 Å². The van der Waals surface area contributed by atoms with Crippen LogP contribution in [0.15, 0.2) is 0 Å². The van der Waals surface area contributed by atoms with Crippen molar-refractivity contribution in [1.29, 1.82) is 0 Å². The molecule has 0 saturated heterocycles. The highest BCUT2D eigenvalue weighted by Gasteiger charge is 2.08. The number of unbranched alkanes of at least 4 members (excludes halogenated alkanes) is 5. The van der Waals surface area contributed by atoms with E-state index in [0.29, 0.717) is 19.4 Å². The van der Waals surface area contributed by atoms with E-state index in [0.717, 1.165) is 51.2 Å². The molecular weight excluding hydrogens is 256 g/mol. The number of esters is 1. The second-order valence-electron chi connectivity index (χ2n) is 5.39. The first-order valence-corrected chi connectivity index (χ1v) is 7.64. The van der Waals surface area contributed by atoms with Crippen molar-refractivity contribution in [2.45, 2.75) is 71.6 Å². The Balaban J connectivity index is 3.35. The van der Waals surface area contributed by atoms with Gasteiger partial charge in [0.2, 0.25) is 0 Å². The molecule has 0 bridgehead atoms. The van der Waals surface area contributed by atoms with Crippen LogP contribution in [-0.2, 0) is 19.1 Å². The van der Waals surface area contributed by atoms with Crippen molar-refractivity contribution >= 4 is 18.0 Å². The molecule has 4 nitrogen and oxygen atoms in total. The summed E-state index contributed by atoms with van der Waals surface area (Å²) in [5, 5.41) is 0. The third-order valence-electron chi connectivity index (χ3n) is 3.33. The van der Waals surface area contributed by atoms with Crippen LogP contribution in [0, 0.1) is 5.92 Å². The van der Waals surface area contributed by atoms with Crippen molar-refractivity contribution in [2.24, 2.45) is 5.92 Å². The number of ketones is 1. The summed E-state index contributed by atoms with van der Waals surface area (Å²) in [7, 11) is 0. The number of aldehydes is 1. The molecule has 0 aromatic carbocycles. The van der Waals surface area contributed by atoms with Crippen molar-refractivity contribution in [3.8, 4) is 0 Å². The third-order valence-corrected chi connectivity index (χ3v) is 3.33. The average Bonchev–Trinajstić information content (AvgIpc) is 2.39. The summed E-state index contributed by atoms with van der Waals surface area (Å²) in [5.74, 6) is -0.0111. The zero-order valence-electron chi connectivity index (χ0n) is 12.9. The quantitative estimate of drug-likeness (QED) is 0.295. The molecule has 0 aliphatic carbocycles. The lowest BCUT2D eigenvalue weighted by atomic mass is 9.96. The monoisotopic (exact) mass is 284 g/mol. The third kappa shape index (κ3) is 13.2. The Kier molecular flexibility index (Phi) is 12.1. The Morgan fingerprint density at radius 3 is 2.10 bits per heavy atom. The minimum atomic E-state index is -0.213. The van der Waals surface area contributed by atoms with E-state index in [2.05, 4.69) is 0 Å². The van der Waals surface area contributed by atoms with E-state index >= 15 is 0 Å². The zero-order chi connectivity index (χ0) is 15.2. The molecule has 4 heteroatoms. The minimum Gasteiger partial charge on any atom is -0.466 e. The number of rotatable bonds is 13. The van der Waals surface area contributed by atoms with Gasteiger partial charge in [0, 0.05) is 19.3 Å². The van der Waals surface area contributed by atoms with Crippen LogP contribution < -0.4 is 0 Å². The molecule has 20 heavy (non-hydrogen) atoms. The summed E-state index contributed by atoms with van der Waals surface area (Å²) >= 11 is 0. The summed E-state index contributed by atoms with van der Waals surface area (Å²) < 4.78 is 4.86. The summed E-state index contributed by atoms with van der Waals surface area (Å²) in [6.45, 7) is 3.51. The lowest BCUT2D eigenvalue weighted by molar-refractivity contribution is -0.141. The van der Waals surface area contributed by atoms with Crippen molar-refractivity contribution in [2.75, 3.05) is 6.61 Å². The first-order chi connectivity index (χ1) is 9.56. The van der Waals surface area contributed by atoms with E-state index in [1.54, 1.807) is 6.92 Å². The van der Waals surface area contributed by atoms with Crippen molar-refractivity contribution in [3.05, 3.63) is 0 Å². The summed E-state index contributed by atoms with van der Waals surface area (Å²) in [6.07, 6.45) is 9.55. The maximum Gasteiger partial charge on any atom is 0.302 e. The molecule has 0 spiro atoms. The van der Waals surface area contributed by atoms with Gasteiger partial charge in [-0.25, -0.2) is 0 Å². The van der Waals surface area contributed by atoms with Gasteiger partial charge in [-0.05, 0) is 26.2 Å². The van der Waals surface area contributed by atoms with Gasteiger partial charge < -0.3 is 14.3 Å². The molecule has 1 atom stereocenters. The van der Waals surface area contributed by atoms with Crippen LogP contribution in [0.4, 0.5) is 0 Å². The lowest BCUT2D eigenvalue weighted by Gasteiger charge is -2.08. The molecule has 0 radical (unpaired) electrons. The molecule has 0 saturated carbocycles. The maximum atomic E-state index is 10.9. The minimum absolute atomic E-state index is 0.0443. The van der Waals surface area contributed by atoms with Gasteiger partial charge in [0.05, 0.1) is 6.61 Å². The number of hydrogen-bond donors (Lipinski definition) is 0. The van der Waals surface area contributed by atoms with Crippen LogP contribution in [0.5, 0.6) is 0 Å². The van der Waals surface area contributed by atoms with Crippen LogP contribution in [0.25, 0.3) is 0 Å². The smallest absolute Gasteiger partial charge is 0.302 e. The second kappa shape index (κ2) is 12.8. The molecule has 0 aromatic rings. The van der Waals surface area contributed by atoms with Crippen molar-refractivity contribution in [1.82, 2.24) is 0 Å². The highest BCUT2D eigenvalue weighted by Crippen LogP contribution is 2.15. The van der Waals surface area contributed by atoms with E-state index in [4.69, 9.17) is 4.74 Å². The Labute approximate surface area is 122 Å². The predicted octanol–water partition coefficient (Wildman–Crippen LogP) is 3.46. The average molecular weight is 284 g/mol. The van der Waals surface area contributed by atoms with Gasteiger partial charge in [-0.1, -0.05) is 32.1 Å². The summed E-state index contributed by atoms with van der Waals surface area (Å²) in [6, 6.07) is 0. The van der Waals surface area contributed by atoms with E-state index in [-0.39, 0.29) is 17.7 Å². The molecule has 0 rings (SSSR count). The largest absolute Gasteiger partial charge is 0.466 e. The maximum absolute atomic E-state index is 10.9. The van der Waals surface area contributed by atoms with Gasteiger partial charge in [-0.15, -0.1) is 0 Å².